The van der Waals surface area contributed by atoms with Gasteiger partial charge in [-0.3, -0.25) is 10.1 Å². The van der Waals surface area contributed by atoms with E-state index in [9.17, 15) is 8.68 Å². The summed E-state index contributed by atoms with van der Waals surface area (Å²) in [5.74, 6) is -0.0278. The predicted molar refractivity (Wildman–Crippen MR) is 73.6 cm³/mol. The molecular weight excluding hydrogens is 297 g/mol. The Kier molecular flexibility index (Phi) is 4.16. The number of hydrogen-bond acceptors (Lipinski definition) is 6. The molecule has 1 N–H and O–H groups in total. The molecule has 1 aromatic heterocycles. The smallest absolute Gasteiger partial charge is 0.322 e. The molecule has 1 aromatic carbocycles. The van der Waals surface area contributed by atoms with Gasteiger partial charge in [-0.15, -0.1) is 5.10 Å². The second-order valence-electron chi connectivity index (χ2n) is 4.50. The number of ether oxygens (including phenoxy) is 1. The van der Waals surface area contributed by atoms with Gasteiger partial charge >= 0.3 is 6.01 Å². The molecule has 1 unspecified atom stereocenters. The molecule has 2 heterocycles. The summed E-state index contributed by atoms with van der Waals surface area (Å²) in [6.45, 7) is 0.674. The van der Waals surface area contributed by atoms with Crippen molar-refractivity contribution in [3.8, 4) is 0 Å². The highest BCUT2D eigenvalue weighted by molar-refractivity contribution is 7.94. The average Bonchev–Trinajstić information content (AvgIpc) is 3.18. The fourth-order valence-electron chi connectivity index (χ4n) is 2.01. The highest BCUT2D eigenvalue weighted by Gasteiger charge is 2.24. The molecule has 3 rings (SSSR count). The molecular formula is C13H12FN3O3S. The summed E-state index contributed by atoms with van der Waals surface area (Å²) in [6, 6.07) is 6.11. The van der Waals surface area contributed by atoms with E-state index in [1.807, 2.05) is 0 Å². The minimum atomic E-state index is -0.395. The Labute approximate surface area is 124 Å². The molecule has 0 spiro atoms. The van der Waals surface area contributed by atoms with Gasteiger partial charge in [0, 0.05) is 17.1 Å². The molecule has 8 heteroatoms. The Morgan fingerprint density at radius 1 is 1.33 bits per heavy atom. The van der Waals surface area contributed by atoms with Crippen molar-refractivity contribution in [3.63, 3.8) is 0 Å². The van der Waals surface area contributed by atoms with E-state index in [1.165, 1.54) is 24.3 Å². The number of anilines is 1. The Balaban J connectivity index is 1.66. The van der Waals surface area contributed by atoms with E-state index >= 15 is 0 Å². The van der Waals surface area contributed by atoms with Gasteiger partial charge in [-0.1, -0.05) is 5.10 Å². The SMILES string of the molecule is O=C(Nc1nnc(C2CCCO2)o1)c1ccc(SF)cc1. The van der Waals surface area contributed by atoms with E-state index in [1.54, 1.807) is 0 Å². The van der Waals surface area contributed by atoms with Crippen molar-refractivity contribution >= 4 is 24.1 Å². The van der Waals surface area contributed by atoms with Gasteiger partial charge in [-0.25, -0.2) is 0 Å². The average molecular weight is 309 g/mol. The first-order valence-corrected chi connectivity index (χ1v) is 7.13. The third-order valence-corrected chi connectivity index (χ3v) is 3.52. The number of rotatable bonds is 4. The quantitative estimate of drug-likeness (QED) is 0.935. The summed E-state index contributed by atoms with van der Waals surface area (Å²) in [4.78, 5) is 12.4. The van der Waals surface area contributed by atoms with Crippen LogP contribution in [0.4, 0.5) is 9.90 Å². The van der Waals surface area contributed by atoms with Crippen LogP contribution in [0.3, 0.4) is 0 Å². The topological polar surface area (TPSA) is 77.2 Å². The van der Waals surface area contributed by atoms with E-state index in [-0.39, 0.29) is 24.3 Å². The third-order valence-electron chi connectivity index (χ3n) is 3.07. The zero-order valence-electron chi connectivity index (χ0n) is 10.9. The number of carbonyl (C=O) groups is 1. The predicted octanol–water partition coefficient (Wildman–Crippen LogP) is 3.15. The van der Waals surface area contributed by atoms with Gasteiger partial charge in [0.1, 0.15) is 6.10 Å². The largest absolute Gasteiger partial charge is 0.405 e. The lowest BCUT2D eigenvalue weighted by molar-refractivity contribution is 0.0893. The molecule has 0 saturated carbocycles. The van der Waals surface area contributed by atoms with Crippen molar-refractivity contribution in [1.82, 2.24) is 10.2 Å². The molecule has 1 aliphatic rings. The molecule has 6 nitrogen and oxygen atoms in total. The van der Waals surface area contributed by atoms with Crippen molar-refractivity contribution in [2.24, 2.45) is 0 Å². The monoisotopic (exact) mass is 309 g/mol. The number of hydrogen-bond donors (Lipinski definition) is 1. The molecule has 0 radical (unpaired) electrons. The number of nitrogens with zero attached hydrogens (tertiary/aromatic N) is 2. The highest BCUT2D eigenvalue weighted by atomic mass is 32.2. The van der Waals surface area contributed by atoms with Gasteiger partial charge in [0.15, 0.2) is 0 Å². The van der Waals surface area contributed by atoms with Gasteiger partial charge in [0.2, 0.25) is 5.89 Å². The third kappa shape index (κ3) is 3.22. The number of carbonyl (C=O) groups excluding carboxylic acids is 1. The molecule has 2 aromatic rings. The Hall–Kier alpha value is -1.93. The zero-order chi connectivity index (χ0) is 14.7. The van der Waals surface area contributed by atoms with Gasteiger partial charge in [-0.2, -0.15) is 3.89 Å². The van der Waals surface area contributed by atoms with Crippen LogP contribution in [0.15, 0.2) is 33.6 Å². The van der Waals surface area contributed by atoms with E-state index in [2.05, 4.69) is 15.5 Å². The number of halogens is 1. The number of amides is 1. The van der Waals surface area contributed by atoms with Crippen molar-refractivity contribution in [1.29, 1.82) is 0 Å². The molecule has 1 saturated heterocycles. The highest BCUT2D eigenvalue weighted by Crippen LogP contribution is 2.28. The summed E-state index contributed by atoms with van der Waals surface area (Å²) in [5.41, 5.74) is 0.379. The van der Waals surface area contributed by atoms with Crippen LogP contribution in [-0.4, -0.2) is 22.7 Å². The molecule has 1 amide bonds. The Morgan fingerprint density at radius 2 is 2.14 bits per heavy atom. The van der Waals surface area contributed by atoms with E-state index in [0.717, 1.165) is 12.8 Å². The minimum Gasteiger partial charge on any atom is -0.405 e. The van der Waals surface area contributed by atoms with Gasteiger partial charge in [0.25, 0.3) is 5.91 Å². The maximum absolute atomic E-state index is 12.3. The van der Waals surface area contributed by atoms with Crippen LogP contribution in [0, 0.1) is 0 Å². The first kappa shape index (κ1) is 14.0. The van der Waals surface area contributed by atoms with Crippen LogP contribution >= 0.6 is 12.1 Å². The standard InChI is InChI=1S/C13H12FN3O3S/c14-21-9-5-3-8(4-6-9)11(18)15-13-17-16-12(20-13)10-2-1-7-19-10/h3-6,10H,1-2,7H2,(H,15,17,18). The van der Waals surface area contributed by atoms with Crippen LogP contribution in [-0.2, 0) is 4.74 Å². The number of aromatic nitrogens is 2. The van der Waals surface area contributed by atoms with E-state index < -0.39 is 5.91 Å². The first-order valence-electron chi connectivity index (χ1n) is 6.41. The minimum absolute atomic E-state index is 0.0226. The Morgan fingerprint density at radius 3 is 2.81 bits per heavy atom. The Bertz CT molecular complexity index is 626. The summed E-state index contributed by atoms with van der Waals surface area (Å²) < 4.78 is 23.1. The second-order valence-corrected chi connectivity index (χ2v) is 5.13. The first-order chi connectivity index (χ1) is 10.3. The number of benzene rings is 1. The molecule has 1 aliphatic heterocycles. The van der Waals surface area contributed by atoms with E-state index in [0.29, 0.717) is 23.0 Å². The fraction of sp³-hybridized carbons (Fsp3) is 0.308. The van der Waals surface area contributed by atoms with Crippen LogP contribution in [0.25, 0.3) is 0 Å². The maximum Gasteiger partial charge on any atom is 0.322 e. The molecule has 21 heavy (non-hydrogen) atoms. The van der Waals surface area contributed by atoms with Crippen molar-refractivity contribution in [3.05, 3.63) is 35.7 Å². The van der Waals surface area contributed by atoms with Crippen LogP contribution < -0.4 is 5.32 Å². The maximum atomic E-state index is 12.3. The molecule has 1 fully saturated rings. The van der Waals surface area contributed by atoms with Crippen LogP contribution in [0.5, 0.6) is 0 Å². The summed E-state index contributed by atoms with van der Waals surface area (Å²) >= 11 is 0.124. The summed E-state index contributed by atoms with van der Waals surface area (Å²) in [6.07, 6.45) is 1.59. The van der Waals surface area contributed by atoms with Crippen molar-refractivity contribution < 1.29 is 17.8 Å². The molecule has 110 valence electrons. The fourth-order valence-corrected chi connectivity index (χ4v) is 2.25. The zero-order valence-corrected chi connectivity index (χ0v) is 11.7. The van der Waals surface area contributed by atoms with Gasteiger partial charge < -0.3 is 9.15 Å². The summed E-state index contributed by atoms with van der Waals surface area (Å²) in [7, 11) is 0. The van der Waals surface area contributed by atoms with E-state index in [4.69, 9.17) is 9.15 Å². The molecule has 1 atom stereocenters. The van der Waals surface area contributed by atoms with Crippen molar-refractivity contribution in [2.45, 2.75) is 23.8 Å². The molecule has 0 aliphatic carbocycles. The van der Waals surface area contributed by atoms with Crippen LogP contribution in [0.2, 0.25) is 0 Å². The van der Waals surface area contributed by atoms with Gasteiger partial charge in [0.05, 0.1) is 12.1 Å². The lowest BCUT2D eigenvalue weighted by Crippen LogP contribution is -2.11. The lowest BCUT2D eigenvalue weighted by atomic mass is 10.2. The second kappa shape index (κ2) is 6.23. The number of nitrogens with one attached hydrogen (secondary N) is 1. The van der Waals surface area contributed by atoms with Gasteiger partial charge in [-0.05, 0) is 37.1 Å². The normalized spacial score (nSPS) is 17.9. The molecule has 0 bridgehead atoms. The van der Waals surface area contributed by atoms with Crippen LogP contribution in [0.1, 0.15) is 35.2 Å². The lowest BCUT2D eigenvalue weighted by Gasteiger charge is -2.02. The summed E-state index contributed by atoms with van der Waals surface area (Å²) in [5, 5.41) is 10.1. The van der Waals surface area contributed by atoms with Crippen molar-refractivity contribution in [2.75, 3.05) is 11.9 Å².